The summed E-state index contributed by atoms with van der Waals surface area (Å²) >= 11 is 0. The van der Waals surface area contributed by atoms with Crippen LogP contribution in [0.15, 0.2) is 30.3 Å². The molecule has 63 heavy (non-hydrogen) atoms. The lowest BCUT2D eigenvalue weighted by atomic mass is 10.1. The summed E-state index contributed by atoms with van der Waals surface area (Å²) in [5.41, 5.74) is 0.726. The quantitative estimate of drug-likeness (QED) is 0.0532. The first-order chi connectivity index (χ1) is 28.5. The van der Waals surface area contributed by atoms with Crippen LogP contribution in [-0.4, -0.2) is 127 Å². The summed E-state index contributed by atoms with van der Waals surface area (Å²) in [6, 6.07) is 1.99. The third-order valence-corrected chi connectivity index (χ3v) is 17.8. The molecule has 0 saturated heterocycles. The Labute approximate surface area is 377 Å². The first-order valence-corrected chi connectivity index (χ1v) is 30.4. The van der Waals surface area contributed by atoms with E-state index in [1.54, 1.807) is 85.7 Å². The molecule has 1 amide bonds. The molecule has 370 valence electrons. The first-order valence-electron chi connectivity index (χ1n) is 20.5. The number of carbonyl (C=O) groups excluding carboxylic acids is 1. The van der Waals surface area contributed by atoms with E-state index in [4.69, 9.17) is 9.88 Å². The Morgan fingerprint density at radius 3 is 1.29 bits per heavy atom. The van der Waals surface area contributed by atoms with Gasteiger partial charge in [-0.1, -0.05) is 85.7 Å². The van der Waals surface area contributed by atoms with Crippen molar-refractivity contribution in [2.75, 3.05) is 34.5 Å². The monoisotopic (exact) mass is 1020 g/mol. The molecular weight excluding hydrogens is 947 g/mol. The van der Waals surface area contributed by atoms with Crippen LogP contribution < -0.4 is 34.1 Å². The lowest BCUT2D eigenvalue weighted by Gasteiger charge is -2.26. The van der Waals surface area contributed by atoms with Gasteiger partial charge in [-0.05, 0) is 55.9 Å². The molecule has 1 aromatic carbocycles. The van der Waals surface area contributed by atoms with Gasteiger partial charge in [0.15, 0.2) is 0 Å². The summed E-state index contributed by atoms with van der Waals surface area (Å²) in [6.45, 7) is 16.0. The van der Waals surface area contributed by atoms with E-state index in [-0.39, 0.29) is 37.2 Å². The molecule has 0 fully saturated rings. The first kappa shape index (κ1) is 59.0. The van der Waals surface area contributed by atoms with E-state index >= 15 is 0 Å². The van der Waals surface area contributed by atoms with Crippen LogP contribution in [0.2, 0.25) is 0 Å². The van der Waals surface area contributed by atoms with Gasteiger partial charge in [0.2, 0.25) is 60.1 Å². The van der Waals surface area contributed by atoms with Crippen molar-refractivity contribution in [1.29, 1.82) is 0 Å². The van der Waals surface area contributed by atoms with E-state index in [1.807, 2.05) is 0 Å². The van der Waals surface area contributed by atoms with Crippen LogP contribution in [0.4, 0.5) is 4.79 Å². The fourth-order valence-electron chi connectivity index (χ4n) is 6.45. The van der Waals surface area contributed by atoms with Gasteiger partial charge < -0.3 is 10.1 Å². The number of ether oxygens (including phenoxy) is 1. The molecule has 0 saturated carbocycles. The van der Waals surface area contributed by atoms with Crippen LogP contribution in [0.1, 0.15) is 87.6 Å². The SMILES string of the molecule is CC(C)C[C@@H](CS(=O)(=O)N[C@H](CS(=O)(=O)N[C@@H](C)CS(=O)(=O)N[C@@H](CC(C)C)CS(N)(=O)=O)C(C)C)NS(=O)(=O)C[C@H](C)NS(=O)(=O)C[C@@H](NC(=O)OCc1ccccc1)C(C)C. The van der Waals surface area contributed by atoms with Gasteiger partial charge in [0.1, 0.15) is 6.61 Å². The van der Waals surface area contributed by atoms with Crippen molar-refractivity contribution in [3.8, 4) is 0 Å². The largest absolute Gasteiger partial charge is 0.445 e. The minimum atomic E-state index is -4.41. The molecule has 27 heteroatoms. The number of carbonyl (C=O) groups is 1. The fourth-order valence-corrected chi connectivity index (χ4v) is 15.9. The second-order valence-corrected chi connectivity index (χ2v) is 28.3. The highest BCUT2D eigenvalue weighted by Gasteiger charge is 2.33. The molecule has 6 atom stereocenters. The maximum absolute atomic E-state index is 13.5. The van der Waals surface area contributed by atoms with E-state index in [0.29, 0.717) is 0 Å². The van der Waals surface area contributed by atoms with Gasteiger partial charge in [-0.2, -0.15) is 0 Å². The van der Waals surface area contributed by atoms with Crippen LogP contribution >= 0.6 is 0 Å². The molecule has 0 spiro atoms. The summed E-state index contributed by atoms with van der Waals surface area (Å²) in [4.78, 5) is 12.5. The molecule has 21 nitrogen and oxygen atoms in total. The molecule has 0 aliphatic rings. The van der Waals surface area contributed by atoms with Gasteiger partial charge >= 0.3 is 6.09 Å². The number of nitrogens with two attached hydrogens (primary N) is 1. The van der Waals surface area contributed by atoms with Crippen molar-refractivity contribution in [2.45, 2.75) is 125 Å². The zero-order valence-electron chi connectivity index (χ0n) is 37.8. The van der Waals surface area contributed by atoms with Crippen molar-refractivity contribution in [2.24, 2.45) is 28.8 Å². The van der Waals surface area contributed by atoms with Gasteiger partial charge in [-0.3, -0.25) is 0 Å². The number of nitrogens with one attached hydrogen (secondary N) is 6. The molecule has 0 aromatic heterocycles. The van der Waals surface area contributed by atoms with Crippen molar-refractivity contribution >= 4 is 66.2 Å². The van der Waals surface area contributed by atoms with Crippen LogP contribution in [-0.2, 0) is 71.5 Å². The van der Waals surface area contributed by atoms with E-state index in [2.05, 4.69) is 28.9 Å². The average Bonchev–Trinajstić information content (AvgIpc) is 3.03. The predicted molar refractivity (Wildman–Crippen MR) is 245 cm³/mol. The molecule has 0 aliphatic heterocycles. The van der Waals surface area contributed by atoms with Crippen molar-refractivity contribution < 1.29 is 60.0 Å². The topological polar surface area (TPSA) is 329 Å². The van der Waals surface area contributed by atoms with Gasteiger partial charge in [-0.15, -0.1) is 0 Å². The summed E-state index contributed by atoms with van der Waals surface area (Å²) in [7, 11) is -25.6. The van der Waals surface area contributed by atoms with Gasteiger partial charge in [0, 0.05) is 36.3 Å². The van der Waals surface area contributed by atoms with Crippen molar-refractivity contribution in [3.63, 3.8) is 0 Å². The van der Waals surface area contributed by atoms with E-state index in [0.717, 1.165) is 5.56 Å². The number of amides is 1. The molecule has 1 rings (SSSR count). The van der Waals surface area contributed by atoms with Crippen LogP contribution in [0.25, 0.3) is 0 Å². The van der Waals surface area contributed by atoms with Crippen molar-refractivity contribution in [3.05, 3.63) is 35.9 Å². The molecular formula is C36H71N7O14S6. The minimum absolute atomic E-state index is 0.0316. The Balaban J connectivity index is 2.99. The molecule has 0 radical (unpaired) electrons. The lowest BCUT2D eigenvalue weighted by Crippen LogP contribution is -2.52. The van der Waals surface area contributed by atoms with Gasteiger partial charge in [0.25, 0.3) is 0 Å². The number of hydrogen-bond donors (Lipinski definition) is 7. The highest BCUT2D eigenvalue weighted by molar-refractivity contribution is 7.91. The number of benzene rings is 1. The second-order valence-electron chi connectivity index (χ2n) is 17.7. The average molecular weight is 1020 g/mol. The number of rotatable bonds is 31. The molecule has 0 aliphatic carbocycles. The summed E-state index contributed by atoms with van der Waals surface area (Å²) in [6.07, 6.45) is -0.665. The summed E-state index contributed by atoms with van der Waals surface area (Å²) in [5, 5.41) is 7.66. The molecule has 1 aromatic rings. The maximum atomic E-state index is 13.5. The minimum Gasteiger partial charge on any atom is -0.445 e. The Morgan fingerprint density at radius 1 is 0.508 bits per heavy atom. The van der Waals surface area contributed by atoms with Gasteiger partial charge in [-0.25, -0.2) is 84.1 Å². The summed E-state index contributed by atoms with van der Waals surface area (Å²) in [5.74, 6) is -5.74. The number of alkyl carbamates (subject to hydrolysis) is 1. The summed E-state index contributed by atoms with van der Waals surface area (Å²) < 4.78 is 172. The third kappa shape index (κ3) is 27.3. The molecule has 0 bridgehead atoms. The van der Waals surface area contributed by atoms with Crippen LogP contribution in [0.5, 0.6) is 0 Å². The smallest absolute Gasteiger partial charge is 0.407 e. The maximum Gasteiger partial charge on any atom is 0.407 e. The Hall–Kier alpha value is -2.05. The normalized spacial score (nSPS) is 16.5. The van der Waals surface area contributed by atoms with E-state index in [1.165, 1.54) is 13.8 Å². The zero-order valence-corrected chi connectivity index (χ0v) is 42.7. The zero-order chi connectivity index (χ0) is 48.8. The molecule has 0 heterocycles. The number of hydrogen-bond acceptors (Lipinski definition) is 14. The van der Waals surface area contributed by atoms with Crippen LogP contribution in [0.3, 0.4) is 0 Å². The standard InChI is InChI=1S/C36H71N7O14S6/c1-25(2)16-32(21-58(37,45)46)41-59(47,48)19-30(10)40-63(55,56)24-35(28(7)8)43-61(51,52)22-33(17-26(3)4)42-60(49,50)20-29(9)39-62(53,54)23-34(27(5)6)38-36(44)57-18-31-14-12-11-13-15-31/h11-15,25-30,32-35,39-43H,16-24H2,1-10H3,(H,38,44)(H2,37,45,46)/t29-,30-,32-,33-,34+,35+/m0/s1. The second kappa shape index (κ2) is 25.2. The highest BCUT2D eigenvalue weighted by atomic mass is 32.2. The van der Waals surface area contributed by atoms with Gasteiger partial charge in [0.05, 0.1) is 34.5 Å². The lowest BCUT2D eigenvalue weighted by molar-refractivity contribution is 0.134. The van der Waals surface area contributed by atoms with E-state index in [9.17, 15) is 55.3 Å². The number of primary sulfonamides is 1. The Morgan fingerprint density at radius 2 is 0.889 bits per heavy atom. The number of sulfonamides is 6. The Bertz CT molecular complexity index is 2260. The molecule has 8 N–H and O–H groups in total. The Kier molecular flexibility index (Phi) is 23.6. The highest BCUT2D eigenvalue weighted by Crippen LogP contribution is 2.14. The predicted octanol–water partition coefficient (Wildman–Crippen LogP) is 0.454. The fraction of sp³-hybridized carbons (Fsp3) is 0.806. The third-order valence-electron chi connectivity index (χ3n) is 9.01. The molecule has 0 unspecified atom stereocenters. The van der Waals surface area contributed by atoms with Crippen molar-refractivity contribution in [1.82, 2.24) is 28.9 Å². The van der Waals surface area contributed by atoms with Crippen LogP contribution in [0, 0.1) is 23.7 Å². The van der Waals surface area contributed by atoms with E-state index < -0.39 is 143 Å².